The van der Waals surface area contributed by atoms with Crippen LogP contribution in [0.4, 0.5) is 0 Å². The van der Waals surface area contributed by atoms with Gasteiger partial charge in [-0.15, -0.1) is 0 Å². The van der Waals surface area contributed by atoms with E-state index in [0.29, 0.717) is 5.75 Å². The third-order valence-electron chi connectivity index (χ3n) is 2.38. The number of hydrogen-bond acceptors (Lipinski definition) is 3. The minimum absolute atomic E-state index is 0.0623. The topological polar surface area (TPSA) is 69.4 Å². The van der Waals surface area contributed by atoms with Crippen LogP contribution in [0.1, 0.15) is 0 Å². The van der Waals surface area contributed by atoms with Crippen LogP contribution in [0.3, 0.4) is 0 Å². The molecule has 0 aromatic heterocycles. The van der Waals surface area contributed by atoms with Gasteiger partial charge in [-0.3, -0.25) is 0 Å². The lowest BCUT2D eigenvalue weighted by atomic mass is 10.1. The predicted octanol–water partition coefficient (Wildman–Crippen LogP) is 1.51. The predicted molar refractivity (Wildman–Crippen MR) is 67.4 cm³/mol. The van der Waals surface area contributed by atoms with Gasteiger partial charge in [0.05, 0.1) is 5.75 Å². The summed E-state index contributed by atoms with van der Waals surface area (Å²) in [6.45, 7) is 0.0623. The van der Waals surface area contributed by atoms with Gasteiger partial charge < -0.3 is 4.74 Å². The molecule has 4 nitrogen and oxygen atoms in total. The van der Waals surface area contributed by atoms with E-state index in [2.05, 4.69) is 0 Å². The van der Waals surface area contributed by atoms with Crippen LogP contribution in [0.5, 0.6) is 5.75 Å². The Morgan fingerprint density at radius 1 is 1.06 bits per heavy atom. The van der Waals surface area contributed by atoms with Gasteiger partial charge in [0.2, 0.25) is 10.0 Å². The van der Waals surface area contributed by atoms with E-state index in [1.54, 1.807) is 0 Å². The molecule has 0 unspecified atom stereocenters. The molecular formula is C12H13NO3S. The Hall–Kier alpha value is -1.59. The van der Waals surface area contributed by atoms with E-state index in [-0.39, 0.29) is 12.4 Å². The molecule has 5 heteroatoms. The Labute approximate surface area is 100 Å². The fraction of sp³-hybridized carbons (Fsp3) is 0.167. The SMILES string of the molecule is NS(=O)(=O)CCOc1cccc2ccccc12. The molecule has 0 saturated carbocycles. The molecule has 0 bridgehead atoms. The minimum atomic E-state index is -3.47. The smallest absolute Gasteiger partial charge is 0.212 e. The monoisotopic (exact) mass is 251 g/mol. The average molecular weight is 251 g/mol. The summed E-state index contributed by atoms with van der Waals surface area (Å²) in [6, 6.07) is 13.4. The van der Waals surface area contributed by atoms with Crippen LogP contribution in [0, 0.1) is 0 Å². The van der Waals surface area contributed by atoms with Crippen molar-refractivity contribution in [3.63, 3.8) is 0 Å². The van der Waals surface area contributed by atoms with E-state index in [4.69, 9.17) is 9.88 Å². The molecular weight excluding hydrogens is 238 g/mol. The molecule has 2 rings (SSSR count). The molecule has 0 fully saturated rings. The fourth-order valence-electron chi connectivity index (χ4n) is 1.59. The third-order valence-corrected chi connectivity index (χ3v) is 3.11. The van der Waals surface area contributed by atoms with Crippen LogP contribution >= 0.6 is 0 Å². The van der Waals surface area contributed by atoms with E-state index in [1.807, 2.05) is 42.5 Å². The molecule has 0 aliphatic carbocycles. The fourth-order valence-corrected chi connectivity index (χ4v) is 1.90. The number of rotatable bonds is 4. The molecule has 0 spiro atoms. The van der Waals surface area contributed by atoms with Crippen molar-refractivity contribution in [1.82, 2.24) is 0 Å². The third kappa shape index (κ3) is 3.18. The van der Waals surface area contributed by atoms with E-state index in [1.165, 1.54) is 0 Å². The maximum Gasteiger partial charge on any atom is 0.212 e. The second kappa shape index (κ2) is 4.73. The van der Waals surface area contributed by atoms with Gasteiger partial charge in [-0.25, -0.2) is 13.6 Å². The van der Waals surface area contributed by atoms with Crippen LogP contribution in [0.2, 0.25) is 0 Å². The van der Waals surface area contributed by atoms with Crippen LogP contribution in [0.15, 0.2) is 42.5 Å². The summed E-state index contributed by atoms with van der Waals surface area (Å²) in [4.78, 5) is 0. The van der Waals surface area contributed by atoms with E-state index >= 15 is 0 Å². The van der Waals surface area contributed by atoms with Crippen molar-refractivity contribution in [2.24, 2.45) is 5.14 Å². The van der Waals surface area contributed by atoms with Gasteiger partial charge in [0.15, 0.2) is 0 Å². The minimum Gasteiger partial charge on any atom is -0.492 e. The lowest BCUT2D eigenvalue weighted by Gasteiger charge is -2.08. The summed E-state index contributed by atoms with van der Waals surface area (Å²) in [7, 11) is -3.47. The standard InChI is InChI=1S/C12H13NO3S/c13-17(14,15)9-8-16-12-7-3-5-10-4-1-2-6-11(10)12/h1-7H,8-9H2,(H2,13,14,15). The molecule has 0 saturated heterocycles. The van der Waals surface area contributed by atoms with E-state index in [0.717, 1.165) is 10.8 Å². The molecule has 0 radical (unpaired) electrons. The van der Waals surface area contributed by atoms with E-state index < -0.39 is 10.0 Å². The quantitative estimate of drug-likeness (QED) is 0.895. The zero-order valence-electron chi connectivity index (χ0n) is 9.17. The number of fused-ring (bicyclic) bond motifs is 1. The number of ether oxygens (including phenoxy) is 1. The summed E-state index contributed by atoms with van der Waals surface area (Å²) < 4.78 is 27.0. The van der Waals surface area contributed by atoms with Gasteiger partial charge in [-0.05, 0) is 11.5 Å². The maximum absolute atomic E-state index is 10.8. The van der Waals surface area contributed by atoms with Gasteiger partial charge in [0, 0.05) is 5.39 Å². The van der Waals surface area contributed by atoms with Crippen molar-refractivity contribution in [1.29, 1.82) is 0 Å². The van der Waals surface area contributed by atoms with Crippen LogP contribution in [-0.4, -0.2) is 20.8 Å². The summed E-state index contributed by atoms with van der Waals surface area (Å²) in [6.07, 6.45) is 0. The number of primary sulfonamides is 1. The number of nitrogens with two attached hydrogens (primary N) is 1. The lowest BCUT2D eigenvalue weighted by Crippen LogP contribution is -2.21. The molecule has 2 aromatic carbocycles. The van der Waals surface area contributed by atoms with Crippen molar-refractivity contribution in [3.8, 4) is 5.75 Å². The van der Waals surface area contributed by atoms with Crippen LogP contribution in [0.25, 0.3) is 10.8 Å². The summed E-state index contributed by atoms with van der Waals surface area (Å²) >= 11 is 0. The molecule has 0 aliphatic rings. The molecule has 0 heterocycles. The Kier molecular flexibility index (Phi) is 3.31. The van der Waals surface area contributed by atoms with Crippen molar-refractivity contribution in [2.45, 2.75) is 0 Å². The van der Waals surface area contributed by atoms with Crippen molar-refractivity contribution in [2.75, 3.05) is 12.4 Å². The summed E-state index contributed by atoms with van der Waals surface area (Å²) in [5.41, 5.74) is 0. The maximum atomic E-state index is 10.8. The highest BCUT2D eigenvalue weighted by molar-refractivity contribution is 7.89. The number of sulfonamides is 1. The van der Waals surface area contributed by atoms with E-state index in [9.17, 15) is 8.42 Å². The average Bonchev–Trinajstić information content (AvgIpc) is 2.28. The lowest BCUT2D eigenvalue weighted by molar-refractivity contribution is 0.345. The summed E-state index contributed by atoms with van der Waals surface area (Å²) in [5, 5.41) is 6.92. The van der Waals surface area contributed by atoms with Crippen molar-refractivity contribution >= 4 is 20.8 Å². The first-order chi connectivity index (χ1) is 8.06. The van der Waals surface area contributed by atoms with Crippen LogP contribution < -0.4 is 9.88 Å². The highest BCUT2D eigenvalue weighted by atomic mass is 32.2. The molecule has 2 aromatic rings. The first kappa shape index (κ1) is 11.9. The van der Waals surface area contributed by atoms with Gasteiger partial charge in [-0.2, -0.15) is 0 Å². The largest absolute Gasteiger partial charge is 0.492 e. The normalized spacial score (nSPS) is 11.6. The first-order valence-corrected chi connectivity index (χ1v) is 6.89. The zero-order chi connectivity index (χ0) is 12.3. The molecule has 0 aliphatic heterocycles. The molecule has 90 valence electrons. The van der Waals surface area contributed by atoms with Gasteiger partial charge in [0.1, 0.15) is 12.4 Å². The van der Waals surface area contributed by atoms with Gasteiger partial charge in [-0.1, -0.05) is 36.4 Å². The Bertz CT molecular complexity index is 617. The Morgan fingerprint density at radius 2 is 1.76 bits per heavy atom. The zero-order valence-corrected chi connectivity index (χ0v) is 9.98. The molecule has 0 atom stereocenters. The van der Waals surface area contributed by atoms with Crippen LogP contribution in [-0.2, 0) is 10.0 Å². The molecule has 0 amide bonds. The number of hydrogen-bond donors (Lipinski definition) is 1. The first-order valence-electron chi connectivity index (χ1n) is 5.17. The molecule has 2 N–H and O–H groups in total. The van der Waals surface area contributed by atoms with Crippen molar-refractivity contribution in [3.05, 3.63) is 42.5 Å². The molecule has 17 heavy (non-hydrogen) atoms. The summed E-state index contributed by atoms with van der Waals surface area (Å²) in [5.74, 6) is 0.489. The second-order valence-corrected chi connectivity index (χ2v) is 5.43. The number of benzene rings is 2. The van der Waals surface area contributed by atoms with Gasteiger partial charge in [0.25, 0.3) is 0 Å². The highest BCUT2D eigenvalue weighted by Gasteiger charge is 2.05. The Morgan fingerprint density at radius 3 is 2.53 bits per heavy atom. The van der Waals surface area contributed by atoms with Crippen molar-refractivity contribution < 1.29 is 13.2 Å². The highest BCUT2D eigenvalue weighted by Crippen LogP contribution is 2.24. The Balaban J connectivity index is 2.19. The van der Waals surface area contributed by atoms with Gasteiger partial charge >= 0.3 is 0 Å². The second-order valence-electron chi connectivity index (χ2n) is 3.69.